The van der Waals surface area contributed by atoms with Crippen molar-refractivity contribution in [3.8, 4) is 56.4 Å². The van der Waals surface area contributed by atoms with E-state index in [9.17, 15) is 0 Å². The molecule has 330 valence electrons. The van der Waals surface area contributed by atoms with Gasteiger partial charge in [-0.05, 0) is 129 Å². The van der Waals surface area contributed by atoms with Crippen molar-refractivity contribution in [1.82, 2.24) is 19.1 Å². The van der Waals surface area contributed by atoms with Gasteiger partial charge in [0.2, 0.25) is 5.95 Å². The summed E-state index contributed by atoms with van der Waals surface area (Å²) in [5.41, 5.74) is 14.4. The predicted octanol–water partition coefficient (Wildman–Crippen LogP) is 18.0. The topological polar surface area (TPSA) is 35.6 Å². The molecule has 0 saturated heterocycles. The number of hydrogen-bond acceptors (Lipinski definition) is 3. The van der Waals surface area contributed by atoms with Crippen molar-refractivity contribution >= 4 is 96.7 Å². The van der Waals surface area contributed by atoms with Gasteiger partial charge in [-0.2, -0.15) is 0 Å². The molecule has 0 fully saturated rings. The molecule has 0 amide bonds. The summed E-state index contributed by atoms with van der Waals surface area (Å²) in [6.07, 6.45) is 0. The molecule has 5 heteroatoms. The number of thiophene rings is 1. The Labute approximate surface area is 412 Å². The van der Waals surface area contributed by atoms with Gasteiger partial charge in [0, 0.05) is 58.5 Å². The number of hydrogen-bond donors (Lipinski definition) is 0. The van der Waals surface area contributed by atoms with E-state index in [0.717, 1.165) is 49.9 Å². The fraction of sp³-hybridized carbons (Fsp3) is 0. The summed E-state index contributed by atoms with van der Waals surface area (Å²) in [5, 5.41) is 12.1. The number of fused-ring (bicyclic) bond motifs is 11. The van der Waals surface area contributed by atoms with Crippen LogP contribution >= 0.6 is 11.3 Å². The second-order valence-corrected chi connectivity index (χ2v) is 19.6. The number of nitrogens with zero attached hydrogens (tertiary/aromatic N) is 4. The number of aromatic nitrogens is 4. The van der Waals surface area contributed by atoms with Crippen LogP contribution in [0.25, 0.3) is 142 Å². The molecule has 0 aliphatic carbocycles. The second-order valence-electron chi connectivity index (χ2n) is 18.6. The number of para-hydroxylation sites is 3. The fourth-order valence-corrected chi connectivity index (χ4v) is 12.3. The summed E-state index contributed by atoms with van der Waals surface area (Å²) in [4.78, 5) is 10.8. The Morgan fingerprint density at radius 3 is 1.48 bits per heavy atom. The van der Waals surface area contributed by atoms with Crippen molar-refractivity contribution in [2.75, 3.05) is 0 Å². The summed E-state index contributed by atoms with van der Waals surface area (Å²) in [6, 6.07) is 88.1. The van der Waals surface area contributed by atoms with Gasteiger partial charge in [0.25, 0.3) is 0 Å². The van der Waals surface area contributed by atoms with Gasteiger partial charge in [-0.15, -0.1) is 11.3 Å². The van der Waals surface area contributed by atoms with Gasteiger partial charge in [0.05, 0.1) is 33.5 Å². The smallest absolute Gasteiger partial charge is 0.235 e. The highest BCUT2D eigenvalue weighted by atomic mass is 32.1. The monoisotopic (exact) mass is 920 g/mol. The van der Waals surface area contributed by atoms with Crippen LogP contribution in [0.2, 0.25) is 0 Å². The Bertz CT molecular complexity index is 4550. The third kappa shape index (κ3) is 6.37. The first-order chi connectivity index (χ1) is 35.2. The van der Waals surface area contributed by atoms with Gasteiger partial charge < -0.3 is 4.57 Å². The van der Waals surface area contributed by atoms with Crippen LogP contribution in [0, 0.1) is 0 Å². The van der Waals surface area contributed by atoms with Gasteiger partial charge in [0.1, 0.15) is 0 Å². The van der Waals surface area contributed by atoms with Crippen LogP contribution in [-0.4, -0.2) is 19.1 Å². The lowest BCUT2D eigenvalue weighted by molar-refractivity contribution is 0.996. The Kier molecular flexibility index (Phi) is 8.79. The minimum atomic E-state index is 0.638. The Morgan fingerprint density at radius 2 is 0.803 bits per heavy atom. The van der Waals surface area contributed by atoms with E-state index in [2.05, 4.69) is 252 Å². The highest BCUT2D eigenvalue weighted by molar-refractivity contribution is 7.26. The maximum absolute atomic E-state index is 5.41. The molecule has 4 heterocycles. The molecule has 4 aromatic heterocycles. The second kappa shape index (κ2) is 15.7. The molecule has 11 aromatic carbocycles. The largest absolute Gasteiger partial charge is 0.309 e. The number of rotatable bonds is 6. The zero-order valence-electron chi connectivity index (χ0n) is 38.3. The van der Waals surface area contributed by atoms with Crippen LogP contribution < -0.4 is 0 Å². The third-order valence-corrected chi connectivity index (χ3v) is 15.6. The van der Waals surface area contributed by atoms with Crippen LogP contribution in [-0.2, 0) is 0 Å². The van der Waals surface area contributed by atoms with Crippen molar-refractivity contribution in [3.05, 3.63) is 243 Å². The molecule has 0 N–H and O–H groups in total. The van der Waals surface area contributed by atoms with E-state index in [1.54, 1.807) is 0 Å². The van der Waals surface area contributed by atoms with Crippen molar-refractivity contribution in [3.63, 3.8) is 0 Å². The quantitative estimate of drug-likeness (QED) is 0.167. The molecule has 71 heavy (non-hydrogen) atoms. The summed E-state index contributed by atoms with van der Waals surface area (Å²) < 4.78 is 7.20. The summed E-state index contributed by atoms with van der Waals surface area (Å²) >= 11 is 1.87. The Morgan fingerprint density at radius 1 is 0.296 bits per heavy atom. The van der Waals surface area contributed by atoms with Crippen LogP contribution in [0.4, 0.5) is 0 Å². The number of benzene rings is 11. The Balaban J connectivity index is 0.881. The van der Waals surface area contributed by atoms with Gasteiger partial charge in [-0.25, -0.2) is 9.97 Å². The molecule has 0 aliphatic heterocycles. The first kappa shape index (κ1) is 39.8. The van der Waals surface area contributed by atoms with Crippen LogP contribution in [0.15, 0.2) is 243 Å². The molecule has 0 radical (unpaired) electrons. The lowest BCUT2D eigenvalue weighted by atomic mass is 9.96. The van der Waals surface area contributed by atoms with E-state index in [4.69, 9.17) is 9.97 Å². The molecule has 0 aliphatic rings. The SMILES string of the molecule is c1ccc(-n2c3ccccc3c3cc(-c4cccc5sc6ccc(-c7ccc8c(c7)c7ccccc7n8-c7nc(-c8ccc9ccccc9c8)cc(-c8ccc9ccccc9c8)n7)cc6c45)ccc32)cc1. The Hall–Kier alpha value is -9.16. The molecular formula is C66H40N4S. The van der Waals surface area contributed by atoms with E-state index >= 15 is 0 Å². The van der Waals surface area contributed by atoms with E-state index in [0.29, 0.717) is 5.95 Å². The average Bonchev–Trinajstić information content (AvgIpc) is 4.10. The van der Waals surface area contributed by atoms with Crippen molar-refractivity contribution in [2.45, 2.75) is 0 Å². The van der Waals surface area contributed by atoms with Gasteiger partial charge in [-0.1, -0.05) is 158 Å². The molecule has 0 bridgehead atoms. The van der Waals surface area contributed by atoms with E-state index < -0.39 is 0 Å². The van der Waals surface area contributed by atoms with E-state index in [1.807, 2.05) is 11.3 Å². The van der Waals surface area contributed by atoms with Gasteiger partial charge in [-0.3, -0.25) is 4.57 Å². The van der Waals surface area contributed by atoms with Crippen molar-refractivity contribution in [1.29, 1.82) is 0 Å². The van der Waals surface area contributed by atoms with Gasteiger partial charge >= 0.3 is 0 Å². The van der Waals surface area contributed by atoms with E-state index in [-0.39, 0.29) is 0 Å². The first-order valence-corrected chi connectivity index (χ1v) is 24.9. The zero-order chi connectivity index (χ0) is 46.6. The molecule has 4 nitrogen and oxygen atoms in total. The minimum absolute atomic E-state index is 0.638. The molecule has 15 aromatic rings. The highest BCUT2D eigenvalue weighted by Crippen LogP contribution is 2.44. The third-order valence-electron chi connectivity index (χ3n) is 14.5. The van der Waals surface area contributed by atoms with Gasteiger partial charge in [0.15, 0.2) is 0 Å². The zero-order valence-corrected chi connectivity index (χ0v) is 39.1. The highest BCUT2D eigenvalue weighted by Gasteiger charge is 2.20. The minimum Gasteiger partial charge on any atom is -0.309 e. The maximum atomic E-state index is 5.41. The molecule has 0 spiro atoms. The lowest BCUT2D eigenvalue weighted by Gasteiger charge is -2.13. The molecule has 0 unspecified atom stereocenters. The summed E-state index contributed by atoms with van der Waals surface area (Å²) in [6.45, 7) is 0. The molecule has 0 atom stereocenters. The first-order valence-electron chi connectivity index (χ1n) is 24.1. The summed E-state index contributed by atoms with van der Waals surface area (Å²) in [5.74, 6) is 0.638. The van der Waals surface area contributed by atoms with Crippen LogP contribution in [0.3, 0.4) is 0 Å². The molecule has 0 saturated carbocycles. The average molecular weight is 921 g/mol. The summed E-state index contributed by atoms with van der Waals surface area (Å²) in [7, 11) is 0. The van der Waals surface area contributed by atoms with Crippen LogP contribution in [0.1, 0.15) is 0 Å². The molecule has 15 rings (SSSR count). The lowest BCUT2D eigenvalue weighted by Crippen LogP contribution is -2.04. The normalized spacial score (nSPS) is 11.9. The predicted molar refractivity (Wildman–Crippen MR) is 300 cm³/mol. The standard InChI is InChI=1S/C66H40N4S/c1-2-17-50(18-3-1)69-59-22-10-8-19-52(59)55-39-47(30-33-61(55)69)51-21-12-24-64-65(51)56-38-46(31-34-63(56)71-64)45-29-32-62-54(37-45)53-20-9-11-23-60(53)70(62)66-67-57(48-27-25-41-13-4-6-15-43(41)35-48)40-58(68-66)49-28-26-42-14-5-7-16-44(42)36-49/h1-40H. The van der Waals surface area contributed by atoms with Crippen LogP contribution in [0.5, 0.6) is 0 Å². The fourth-order valence-electron chi connectivity index (χ4n) is 11.1. The maximum Gasteiger partial charge on any atom is 0.235 e. The van der Waals surface area contributed by atoms with Crippen molar-refractivity contribution < 1.29 is 0 Å². The molecular weight excluding hydrogens is 881 g/mol. The van der Waals surface area contributed by atoms with Crippen molar-refractivity contribution in [2.24, 2.45) is 0 Å². The van der Waals surface area contributed by atoms with E-state index in [1.165, 1.54) is 85.9 Å².